The summed E-state index contributed by atoms with van der Waals surface area (Å²) in [6.07, 6.45) is 0.933. The number of fused-ring (bicyclic) bond motifs is 1. The zero-order chi connectivity index (χ0) is 21.1. The van der Waals surface area contributed by atoms with Gasteiger partial charge in [-0.15, -0.1) is 11.3 Å². The molecule has 1 N–H and O–H groups in total. The number of nitrogens with one attached hydrogen (secondary N) is 1. The highest BCUT2D eigenvalue weighted by Gasteiger charge is 2.42. The molecule has 0 saturated carbocycles. The van der Waals surface area contributed by atoms with E-state index in [4.69, 9.17) is 0 Å². The predicted molar refractivity (Wildman–Crippen MR) is 120 cm³/mol. The summed E-state index contributed by atoms with van der Waals surface area (Å²) in [6, 6.07) is 11.2. The number of piperazine rings is 1. The van der Waals surface area contributed by atoms with Crippen LogP contribution in [-0.4, -0.2) is 79.9 Å². The van der Waals surface area contributed by atoms with E-state index in [1.807, 2.05) is 41.8 Å². The quantitative estimate of drug-likeness (QED) is 0.721. The zero-order valence-corrected chi connectivity index (χ0v) is 18.5. The van der Waals surface area contributed by atoms with Crippen molar-refractivity contribution in [2.45, 2.75) is 18.4 Å². The first-order valence-electron chi connectivity index (χ1n) is 10.6. The number of hydrogen-bond acceptors (Lipinski definition) is 5. The summed E-state index contributed by atoms with van der Waals surface area (Å²) in [4.78, 5) is 33.9. The van der Waals surface area contributed by atoms with Crippen molar-refractivity contribution >= 4 is 23.2 Å². The van der Waals surface area contributed by atoms with Crippen LogP contribution in [-0.2, 0) is 4.79 Å². The maximum Gasteiger partial charge on any atom is 0.254 e. The van der Waals surface area contributed by atoms with Crippen LogP contribution < -0.4 is 5.32 Å². The van der Waals surface area contributed by atoms with Gasteiger partial charge < -0.3 is 20.0 Å². The number of likely N-dealkylation sites (N-methyl/N-ethyl adjacent to an activating group) is 2. The van der Waals surface area contributed by atoms with Gasteiger partial charge in [-0.25, -0.2) is 0 Å². The van der Waals surface area contributed by atoms with Crippen LogP contribution in [0.15, 0.2) is 41.8 Å². The van der Waals surface area contributed by atoms with Crippen molar-refractivity contribution in [3.63, 3.8) is 0 Å². The first kappa shape index (κ1) is 21.0. The molecular formula is C23H30N4O2S. The lowest BCUT2D eigenvalue weighted by Crippen LogP contribution is -2.46. The molecule has 3 heterocycles. The van der Waals surface area contributed by atoms with Gasteiger partial charge in [0, 0.05) is 50.2 Å². The summed E-state index contributed by atoms with van der Waals surface area (Å²) < 4.78 is 0. The monoisotopic (exact) mass is 426 g/mol. The van der Waals surface area contributed by atoms with Crippen molar-refractivity contribution in [1.82, 2.24) is 20.0 Å². The summed E-state index contributed by atoms with van der Waals surface area (Å²) in [5, 5.41) is 5.16. The van der Waals surface area contributed by atoms with Gasteiger partial charge >= 0.3 is 0 Å². The minimum absolute atomic E-state index is 0.00132. The summed E-state index contributed by atoms with van der Waals surface area (Å²) in [5.74, 6) is -0.423. The lowest BCUT2D eigenvalue weighted by atomic mass is 9.81. The van der Waals surface area contributed by atoms with E-state index in [2.05, 4.69) is 22.2 Å². The van der Waals surface area contributed by atoms with Crippen LogP contribution in [0, 0.1) is 0 Å². The second-order valence-electron chi connectivity index (χ2n) is 8.23. The van der Waals surface area contributed by atoms with Gasteiger partial charge in [-0.2, -0.15) is 0 Å². The van der Waals surface area contributed by atoms with Crippen LogP contribution in [0.2, 0.25) is 0 Å². The molecule has 0 aliphatic carbocycles. The average molecular weight is 427 g/mol. The molecule has 0 spiro atoms. The van der Waals surface area contributed by atoms with Gasteiger partial charge in [0.05, 0.1) is 12.0 Å². The number of hydrogen-bond donors (Lipinski definition) is 1. The molecule has 2 aromatic rings. The third-order valence-corrected chi connectivity index (χ3v) is 7.19. The van der Waals surface area contributed by atoms with Gasteiger partial charge in [0.2, 0.25) is 5.91 Å². The molecule has 1 aromatic heterocycles. The first-order valence-corrected chi connectivity index (χ1v) is 11.5. The van der Waals surface area contributed by atoms with Crippen molar-refractivity contribution in [2.24, 2.45) is 0 Å². The molecule has 1 aromatic carbocycles. The van der Waals surface area contributed by atoms with Gasteiger partial charge in [-0.05, 0) is 43.1 Å². The zero-order valence-electron chi connectivity index (χ0n) is 17.7. The fourth-order valence-electron chi connectivity index (χ4n) is 4.47. The standard InChI is InChI=1S/C23H30N4O2S/c1-25-12-14-27(15-13-25)11-6-10-24-22(28)20-17-7-3-4-8-18(17)23(29)26(2)21(20)19-9-5-16-30-19/h3-5,7-9,16,20-21H,6,10-15H2,1-2H3,(H,24,28)/t20-,21+/m1/s1. The molecule has 2 amide bonds. The largest absolute Gasteiger partial charge is 0.355 e. The highest BCUT2D eigenvalue weighted by atomic mass is 32.1. The van der Waals surface area contributed by atoms with Gasteiger partial charge in [0.1, 0.15) is 0 Å². The fraction of sp³-hybridized carbons (Fsp3) is 0.478. The van der Waals surface area contributed by atoms with Crippen LogP contribution >= 0.6 is 11.3 Å². The van der Waals surface area contributed by atoms with Crippen LogP contribution in [0.1, 0.15) is 39.2 Å². The highest BCUT2D eigenvalue weighted by molar-refractivity contribution is 7.10. The predicted octanol–water partition coefficient (Wildman–Crippen LogP) is 2.41. The highest BCUT2D eigenvalue weighted by Crippen LogP contribution is 2.43. The fourth-order valence-corrected chi connectivity index (χ4v) is 5.37. The number of nitrogens with zero attached hydrogens (tertiary/aromatic N) is 3. The lowest BCUT2D eigenvalue weighted by molar-refractivity contribution is -0.124. The van der Waals surface area contributed by atoms with E-state index < -0.39 is 5.92 Å². The number of carbonyl (C=O) groups is 2. The van der Waals surface area contributed by atoms with Crippen LogP contribution in [0.25, 0.3) is 0 Å². The third kappa shape index (κ3) is 4.29. The van der Waals surface area contributed by atoms with E-state index in [1.54, 1.807) is 23.3 Å². The molecular weight excluding hydrogens is 396 g/mol. The van der Waals surface area contributed by atoms with Crippen molar-refractivity contribution in [2.75, 3.05) is 53.4 Å². The Bertz CT molecular complexity index is 877. The second kappa shape index (κ2) is 9.29. The van der Waals surface area contributed by atoms with Crippen molar-refractivity contribution in [3.05, 3.63) is 57.8 Å². The van der Waals surface area contributed by atoms with E-state index in [1.165, 1.54) is 0 Å². The average Bonchev–Trinajstić information content (AvgIpc) is 3.29. The minimum Gasteiger partial charge on any atom is -0.355 e. The molecule has 0 unspecified atom stereocenters. The molecule has 0 radical (unpaired) electrons. The van der Waals surface area contributed by atoms with Crippen molar-refractivity contribution < 1.29 is 9.59 Å². The van der Waals surface area contributed by atoms with Crippen LogP contribution in [0.3, 0.4) is 0 Å². The molecule has 0 bridgehead atoms. The maximum absolute atomic E-state index is 13.3. The molecule has 1 fully saturated rings. The van der Waals surface area contributed by atoms with E-state index in [0.717, 1.165) is 49.6 Å². The maximum atomic E-state index is 13.3. The molecule has 6 nitrogen and oxygen atoms in total. The van der Waals surface area contributed by atoms with Crippen molar-refractivity contribution in [3.8, 4) is 0 Å². The molecule has 160 valence electrons. The molecule has 2 aliphatic rings. The number of benzene rings is 1. The number of amides is 2. The Morgan fingerprint density at radius 2 is 1.87 bits per heavy atom. The Balaban J connectivity index is 1.46. The topological polar surface area (TPSA) is 55.9 Å². The van der Waals surface area contributed by atoms with Gasteiger partial charge in [-0.1, -0.05) is 24.3 Å². The number of thiophene rings is 1. The minimum atomic E-state index is -0.397. The van der Waals surface area contributed by atoms with E-state index in [-0.39, 0.29) is 17.9 Å². The summed E-state index contributed by atoms with van der Waals surface area (Å²) in [7, 11) is 3.96. The van der Waals surface area contributed by atoms with Gasteiger partial charge in [-0.3, -0.25) is 9.59 Å². The smallest absolute Gasteiger partial charge is 0.254 e. The van der Waals surface area contributed by atoms with Crippen LogP contribution in [0.5, 0.6) is 0 Å². The Morgan fingerprint density at radius 1 is 1.10 bits per heavy atom. The van der Waals surface area contributed by atoms with E-state index in [0.29, 0.717) is 12.1 Å². The molecule has 7 heteroatoms. The SMILES string of the molecule is CN1CCN(CCCNC(=O)[C@@H]2c3ccccc3C(=O)N(C)[C@H]2c2cccs2)CC1. The van der Waals surface area contributed by atoms with Gasteiger partial charge in [0.15, 0.2) is 0 Å². The molecule has 1 saturated heterocycles. The number of rotatable bonds is 6. The Kier molecular flexibility index (Phi) is 6.51. The molecule has 2 aliphatic heterocycles. The van der Waals surface area contributed by atoms with Gasteiger partial charge in [0.25, 0.3) is 5.91 Å². The van der Waals surface area contributed by atoms with E-state index in [9.17, 15) is 9.59 Å². The third-order valence-electron chi connectivity index (χ3n) is 6.24. The lowest BCUT2D eigenvalue weighted by Gasteiger charge is -2.39. The Hall–Kier alpha value is -2.22. The Labute approximate surface area is 182 Å². The second-order valence-corrected chi connectivity index (χ2v) is 9.21. The summed E-state index contributed by atoms with van der Waals surface area (Å²) in [5.41, 5.74) is 1.46. The Morgan fingerprint density at radius 3 is 2.60 bits per heavy atom. The molecule has 4 rings (SSSR count). The first-order chi connectivity index (χ1) is 14.6. The van der Waals surface area contributed by atoms with Crippen molar-refractivity contribution in [1.29, 1.82) is 0 Å². The normalized spacial score (nSPS) is 22.7. The summed E-state index contributed by atoms with van der Waals surface area (Å²) >= 11 is 1.59. The molecule has 2 atom stereocenters. The summed E-state index contributed by atoms with van der Waals surface area (Å²) in [6.45, 7) is 6.05. The number of carbonyl (C=O) groups excluding carboxylic acids is 2. The van der Waals surface area contributed by atoms with Crippen LogP contribution in [0.4, 0.5) is 0 Å². The van der Waals surface area contributed by atoms with E-state index >= 15 is 0 Å². The molecule has 30 heavy (non-hydrogen) atoms.